The lowest BCUT2D eigenvalue weighted by atomic mass is 9.83. The smallest absolute Gasteiger partial charge is 0.166 e. The molecule has 0 bridgehead atoms. The van der Waals surface area contributed by atoms with Crippen LogP contribution < -0.4 is 0 Å². The molecule has 1 aromatic rings. The van der Waals surface area contributed by atoms with Crippen molar-refractivity contribution in [3.63, 3.8) is 0 Å². The third-order valence-electron chi connectivity index (χ3n) is 5.55. The zero-order valence-corrected chi connectivity index (χ0v) is 19.3. The number of allylic oxidation sites excluding steroid dienone is 4. The fourth-order valence-electron chi connectivity index (χ4n) is 3.73. The van der Waals surface area contributed by atoms with Crippen molar-refractivity contribution in [2.75, 3.05) is 12.9 Å². The number of thioether (sulfide) groups is 1. The quantitative estimate of drug-likeness (QED) is 0.267. The normalized spacial score (nSPS) is 17.4. The van der Waals surface area contributed by atoms with E-state index in [1.54, 1.807) is 11.8 Å². The van der Waals surface area contributed by atoms with Crippen molar-refractivity contribution in [2.24, 2.45) is 5.92 Å². The van der Waals surface area contributed by atoms with Crippen LogP contribution in [0, 0.1) is 5.92 Å². The third-order valence-corrected chi connectivity index (χ3v) is 6.31. The molecule has 1 aromatic carbocycles. The number of carbonyl (C=O) groups is 1. The zero-order chi connectivity index (χ0) is 21.1. The molecule has 29 heavy (non-hydrogen) atoms. The van der Waals surface area contributed by atoms with Crippen molar-refractivity contribution in [2.45, 2.75) is 65.9 Å². The van der Waals surface area contributed by atoms with Gasteiger partial charge in [-0.25, -0.2) is 0 Å². The van der Waals surface area contributed by atoms with Gasteiger partial charge in [0.1, 0.15) is 0 Å². The lowest BCUT2D eigenvalue weighted by Crippen LogP contribution is -2.21. The molecule has 0 spiro atoms. The van der Waals surface area contributed by atoms with Gasteiger partial charge in [-0.1, -0.05) is 68.2 Å². The first-order valence-electron chi connectivity index (χ1n) is 10.8. The summed E-state index contributed by atoms with van der Waals surface area (Å²) < 4.78 is 5.95. The van der Waals surface area contributed by atoms with E-state index in [2.05, 4.69) is 51.3 Å². The Labute approximate surface area is 181 Å². The number of Topliss-reactive ketones (excluding diaryl/α,β-unsaturated/α-hetero) is 1. The Kier molecular flexibility index (Phi) is 10.5. The number of benzene rings is 1. The Morgan fingerprint density at radius 1 is 1.17 bits per heavy atom. The SMILES string of the molecule is CCCCCC/C(C(=O)C1CC=C(SC)C=C1C)=C(/C)COCc1ccccc1. The Hall–Kier alpha value is -1.58. The highest BCUT2D eigenvalue weighted by Gasteiger charge is 2.26. The second-order valence-electron chi connectivity index (χ2n) is 7.90. The first-order valence-corrected chi connectivity index (χ1v) is 12.1. The minimum atomic E-state index is -0.0175. The van der Waals surface area contributed by atoms with Crippen molar-refractivity contribution >= 4 is 17.5 Å². The molecule has 0 saturated carbocycles. The lowest BCUT2D eigenvalue weighted by molar-refractivity contribution is -0.118. The Morgan fingerprint density at radius 2 is 1.93 bits per heavy atom. The first-order chi connectivity index (χ1) is 14.1. The molecule has 2 nitrogen and oxygen atoms in total. The molecule has 0 fully saturated rings. The molecule has 158 valence electrons. The van der Waals surface area contributed by atoms with Crippen molar-refractivity contribution in [3.05, 3.63) is 69.7 Å². The van der Waals surface area contributed by atoms with E-state index < -0.39 is 0 Å². The van der Waals surface area contributed by atoms with Crippen LogP contribution >= 0.6 is 11.8 Å². The van der Waals surface area contributed by atoms with Crippen LogP contribution in [-0.4, -0.2) is 18.6 Å². The van der Waals surface area contributed by atoms with Crippen LogP contribution in [-0.2, 0) is 16.1 Å². The van der Waals surface area contributed by atoms with Crippen molar-refractivity contribution in [1.29, 1.82) is 0 Å². The Bertz CT molecular complexity index is 743. The van der Waals surface area contributed by atoms with E-state index in [9.17, 15) is 4.79 Å². The molecule has 0 amide bonds. The monoisotopic (exact) mass is 412 g/mol. The van der Waals surface area contributed by atoms with Gasteiger partial charge in [0.05, 0.1) is 13.2 Å². The molecular weight excluding hydrogens is 376 g/mol. The number of hydrogen-bond acceptors (Lipinski definition) is 3. The fraction of sp³-hybridized carbons (Fsp3) is 0.500. The molecule has 0 saturated heterocycles. The van der Waals surface area contributed by atoms with E-state index in [1.165, 1.54) is 29.7 Å². The predicted octanol–water partition coefficient (Wildman–Crippen LogP) is 7.27. The maximum atomic E-state index is 13.5. The number of hydrogen-bond donors (Lipinski definition) is 0. The summed E-state index contributed by atoms with van der Waals surface area (Å²) in [6.07, 6.45) is 12.8. The highest BCUT2D eigenvalue weighted by molar-refractivity contribution is 8.02. The van der Waals surface area contributed by atoms with E-state index in [0.717, 1.165) is 36.0 Å². The van der Waals surface area contributed by atoms with Crippen LogP contribution in [0.3, 0.4) is 0 Å². The Morgan fingerprint density at radius 3 is 2.59 bits per heavy atom. The van der Waals surface area contributed by atoms with Gasteiger partial charge in [0.2, 0.25) is 0 Å². The van der Waals surface area contributed by atoms with E-state index in [-0.39, 0.29) is 5.92 Å². The molecule has 1 aliphatic rings. The van der Waals surface area contributed by atoms with E-state index in [1.807, 2.05) is 18.2 Å². The molecule has 1 aliphatic carbocycles. The van der Waals surface area contributed by atoms with Gasteiger partial charge in [-0.3, -0.25) is 4.79 Å². The van der Waals surface area contributed by atoms with Crippen LogP contribution in [0.5, 0.6) is 0 Å². The van der Waals surface area contributed by atoms with Crippen molar-refractivity contribution < 1.29 is 9.53 Å². The van der Waals surface area contributed by atoms with Gasteiger partial charge in [0, 0.05) is 10.8 Å². The highest BCUT2D eigenvalue weighted by Crippen LogP contribution is 2.32. The molecule has 1 atom stereocenters. The second kappa shape index (κ2) is 12.9. The molecule has 2 rings (SSSR count). The van der Waals surface area contributed by atoms with Gasteiger partial charge >= 0.3 is 0 Å². The third kappa shape index (κ3) is 7.64. The molecule has 0 aliphatic heterocycles. The minimum absolute atomic E-state index is 0.0175. The molecule has 0 aromatic heterocycles. The highest BCUT2D eigenvalue weighted by atomic mass is 32.2. The van der Waals surface area contributed by atoms with Crippen LogP contribution in [0.2, 0.25) is 0 Å². The Balaban J connectivity index is 2.07. The largest absolute Gasteiger partial charge is 0.372 e. The first kappa shape index (κ1) is 23.7. The average molecular weight is 413 g/mol. The van der Waals surface area contributed by atoms with Gasteiger partial charge in [0.25, 0.3) is 0 Å². The summed E-state index contributed by atoms with van der Waals surface area (Å²) in [7, 11) is 0. The molecule has 0 N–H and O–H groups in total. The minimum Gasteiger partial charge on any atom is -0.372 e. The van der Waals surface area contributed by atoms with Gasteiger partial charge in [0.15, 0.2) is 5.78 Å². The van der Waals surface area contributed by atoms with Gasteiger partial charge in [-0.05, 0) is 62.2 Å². The summed E-state index contributed by atoms with van der Waals surface area (Å²) in [6.45, 7) is 7.49. The van der Waals surface area contributed by atoms with Gasteiger partial charge in [-0.15, -0.1) is 11.8 Å². The topological polar surface area (TPSA) is 26.3 Å². The lowest BCUT2D eigenvalue weighted by Gasteiger charge is -2.23. The van der Waals surface area contributed by atoms with E-state index >= 15 is 0 Å². The second-order valence-corrected chi connectivity index (χ2v) is 8.78. The molecular formula is C26H36O2S. The van der Waals surface area contributed by atoms with Crippen LogP contribution in [0.15, 0.2) is 64.1 Å². The predicted molar refractivity (Wildman–Crippen MR) is 126 cm³/mol. The average Bonchev–Trinajstić information content (AvgIpc) is 2.74. The molecule has 0 heterocycles. The molecule has 3 heteroatoms. The van der Waals surface area contributed by atoms with Crippen molar-refractivity contribution in [3.8, 4) is 0 Å². The summed E-state index contributed by atoms with van der Waals surface area (Å²) in [5.74, 6) is 0.281. The van der Waals surface area contributed by atoms with E-state index in [0.29, 0.717) is 19.0 Å². The van der Waals surface area contributed by atoms with Crippen LogP contribution in [0.4, 0.5) is 0 Å². The fourth-order valence-corrected chi connectivity index (χ4v) is 4.30. The van der Waals surface area contributed by atoms with Crippen LogP contribution in [0.1, 0.15) is 64.9 Å². The molecule has 0 radical (unpaired) electrons. The number of ether oxygens (including phenoxy) is 1. The summed E-state index contributed by atoms with van der Waals surface area (Å²) in [6, 6.07) is 10.2. The number of ketones is 1. The maximum absolute atomic E-state index is 13.5. The number of unbranched alkanes of at least 4 members (excludes halogenated alkanes) is 3. The van der Waals surface area contributed by atoms with Gasteiger partial charge in [-0.2, -0.15) is 0 Å². The summed E-state index contributed by atoms with van der Waals surface area (Å²) in [5.41, 5.74) is 4.44. The number of carbonyl (C=O) groups excluding carboxylic acids is 1. The molecule has 1 unspecified atom stereocenters. The van der Waals surface area contributed by atoms with Crippen LogP contribution in [0.25, 0.3) is 0 Å². The van der Waals surface area contributed by atoms with E-state index in [4.69, 9.17) is 4.74 Å². The zero-order valence-electron chi connectivity index (χ0n) is 18.5. The number of rotatable bonds is 12. The summed E-state index contributed by atoms with van der Waals surface area (Å²) >= 11 is 1.75. The summed E-state index contributed by atoms with van der Waals surface area (Å²) in [4.78, 5) is 14.7. The standard InChI is InChI=1S/C26H36O2S/c1-5-6-7-11-14-24(21(3)18-28-19-22-12-9-8-10-13-22)26(27)25-16-15-23(29-4)17-20(25)2/h8-10,12-13,15,17,25H,5-7,11,14,16,18-19H2,1-4H3/b24-21+. The van der Waals surface area contributed by atoms with Crippen molar-refractivity contribution in [1.82, 2.24) is 0 Å². The van der Waals surface area contributed by atoms with Gasteiger partial charge < -0.3 is 4.74 Å². The maximum Gasteiger partial charge on any atom is 0.166 e. The summed E-state index contributed by atoms with van der Waals surface area (Å²) in [5, 5.41) is 0.